The summed E-state index contributed by atoms with van der Waals surface area (Å²) >= 11 is 6.60. The average Bonchev–Trinajstić information content (AvgIpc) is 2.93. The molecule has 3 aromatic rings. The number of ether oxygens (including phenoxy) is 5. The molecule has 1 saturated heterocycles. The van der Waals surface area contributed by atoms with E-state index in [0.717, 1.165) is 40.0 Å². The third-order valence-corrected chi connectivity index (χ3v) is 7.00. The Balaban J connectivity index is 1.39. The van der Waals surface area contributed by atoms with E-state index in [1.54, 1.807) is 7.11 Å². The topological polar surface area (TPSA) is 63.2 Å². The Morgan fingerprint density at radius 2 is 1.81 bits per heavy atom. The summed E-state index contributed by atoms with van der Waals surface area (Å²) in [6.07, 6.45) is 1.47. The van der Waals surface area contributed by atoms with E-state index in [1.807, 2.05) is 66.7 Å². The van der Waals surface area contributed by atoms with Crippen LogP contribution in [0.5, 0.6) is 11.5 Å². The van der Waals surface area contributed by atoms with Crippen LogP contribution in [0.25, 0.3) is 0 Å². The van der Waals surface area contributed by atoms with Crippen LogP contribution in [-0.2, 0) is 37.8 Å². The highest BCUT2D eigenvalue weighted by Gasteiger charge is 2.44. The monoisotopic (exact) mass is 508 g/mol. The Morgan fingerprint density at radius 1 is 1.00 bits per heavy atom. The highest BCUT2D eigenvalue weighted by Crippen LogP contribution is 2.41. The van der Waals surface area contributed by atoms with Crippen LogP contribution < -0.4 is 9.47 Å². The zero-order valence-corrected chi connectivity index (χ0v) is 20.9. The van der Waals surface area contributed by atoms with Gasteiger partial charge in [0.2, 0.25) is 0 Å². The Labute approximate surface area is 216 Å². The second kappa shape index (κ2) is 11.0. The van der Waals surface area contributed by atoms with Crippen LogP contribution in [0, 0.1) is 0 Å². The molecule has 3 atom stereocenters. The van der Waals surface area contributed by atoms with Crippen molar-refractivity contribution in [3.8, 4) is 11.5 Å². The van der Waals surface area contributed by atoms with Gasteiger partial charge in [-0.05, 0) is 47.4 Å². The number of carbonyl (C=O) groups is 1. The van der Waals surface area contributed by atoms with Crippen LogP contribution in [0.4, 0.5) is 0 Å². The molecule has 0 spiro atoms. The molecule has 6 nitrogen and oxygen atoms in total. The van der Waals surface area contributed by atoms with E-state index < -0.39 is 11.9 Å². The molecule has 2 aliphatic rings. The first-order valence-electron chi connectivity index (χ1n) is 12.1. The lowest BCUT2D eigenvalue weighted by molar-refractivity contribution is -0.291. The number of benzene rings is 3. The maximum Gasteiger partial charge on any atom is 0.197 e. The summed E-state index contributed by atoms with van der Waals surface area (Å²) in [5, 5.41) is 0.638. The molecule has 7 heteroatoms. The number of hydrogen-bond acceptors (Lipinski definition) is 6. The van der Waals surface area contributed by atoms with Crippen LogP contribution in [0.2, 0.25) is 5.02 Å². The van der Waals surface area contributed by atoms with Gasteiger partial charge in [0, 0.05) is 30.5 Å². The predicted molar refractivity (Wildman–Crippen MR) is 136 cm³/mol. The molecule has 2 heterocycles. The largest absolute Gasteiger partial charge is 0.486 e. The lowest BCUT2D eigenvalue weighted by Crippen LogP contribution is -2.46. The van der Waals surface area contributed by atoms with Gasteiger partial charge in [0.05, 0.1) is 12.7 Å². The number of halogens is 1. The fourth-order valence-electron chi connectivity index (χ4n) is 4.78. The standard InChI is InChI=1S/C29H29ClO6/c1-32-29(17-24(16-25(18-31)36-29)35-19-20-5-3-2-4-6-20)23-8-9-26(30)22(15-23)13-21-7-10-27-28(14-21)34-12-11-33-27/h2-10,14-15,18,24-25H,11-13,16-17,19H2,1H3. The molecule has 0 amide bonds. The highest BCUT2D eigenvalue weighted by molar-refractivity contribution is 6.31. The van der Waals surface area contributed by atoms with E-state index >= 15 is 0 Å². The molecule has 3 aromatic carbocycles. The number of hydrogen-bond donors (Lipinski definition) is 0. The Bertz CT molecular complexity index is 1200. The van der Waals surface area contributed by atoms with Gasteiger partial charge in [-0.25, -0.2) is 0 Å². The van der Waals surface area contributed by atoms with Crippen molar-refractivity contribution in [2.45, 2.75) is 43.9 Å². The van der Waals surface area contributed by atoms with E-state index in [1.165, 1.54) is 0 Å². The van der Waals surface area contributed by atoms with E-state index in [-0.39, 0.29) is 6.10 Å². The third-order valence-electron chi connectivity index (χ3n) is 6.63. The van der Waals surface area contributed by atoms with E-state index in [4.69, 9.17) is 35.3 Å². The quantitative estimate of drug-likeness (QED) is 0.376. The molecule has 1 fully saturated rings. The molecule has 0 radical (unpaired) electrons. The number of methoxy groups -OCH3 is 1. The number of rotatable bonds is 8. The van der Waals surface area contributed by atoms with E-state index in [2.05, 4.69) is 0 Å². The fraction of sp³-hybridized carbons (Fsp3) is 0.345. The van der Waals surface area contributed by atoms with Crippen LogP contribution in [0.3, 0.4) is 0 Å². The number of fused-ring (bicyclic) bond motifs is 1. The second-order valence-electron chi connectivity index (χ2n) is 9.07. The minimum Gasteiger partial charge on any atom is -0.486 e. The second-order valence-corrected chi connectivity index (χ2v) is 9.48. The SMILES string of the molecule is COC1(c2ccc(Cl)c(Cc3ccc4c(c3)OCCO4)c2)CC(OCc2ccccc2)CC(C=O)O1. The highest BCUT2D eigenvalue weighted by atomic mass is 35.5. The first-order chi connectivity index (χ1) is 17.6. The summed E-state index contributed by atoms with van der Waals surface area (Å²) in [4.78, 5) is 11.8. The predicted octanol–water partition coefficient (Wildman–Crippen LogP) is 5.46. The Morgan fingerprint density at radius 3 is 2.58 bits per heavy atom. The maximum atomic E-state index is 11.8. The van der Waals surface area contributed by atoms with Crippen molar-refractivity contribution in [3.05, 3.63) is 94.0 Å². The summed E-state index contributed by atoms with van der Waals surface area (Å²) in [6.45, 7) is 1.54. The van der Waals surface area contributed by atoms with Crippen molar-refractivity contribution in [3.63, 3.8) is 0 Å². The minimum atomic E-state index is -1.13. The lowest BCUT2D eigenvalue weighted by Gasteiger charge is -2.42. The van der Waals surface area contributed by atoms with Crippen molar-refractivity contribution in [1.82, 2.24) is 0 Å². The van der Waals surface area contributed by atoms with Gasteiger partial charge < -0.3 is 28.5 Å². The van der Waals surface area contributed by atoms with Gasteiger partial charge in [-0.15, -0.1) is 0 Å². The average molecular weight is 509 g/mol. The van der Waals surface area contributed by atoms with Gasteiger partial charge in [0.25, 0.3) is 0 Å². The van der Waals surface area contributed by atoms with Gasteiger partial charge in [-0.1, -0.05) is 54.1 Å². The smallest absolute Gasteiger partial charge is 0.197 e. The van der Waals surface area contributed by atoms with Crippen molar-refractivity contribution < 1.29 is 28.5 Å². The van der Waals surface area contributed by atoms with E-state index in [0.29, 0.717) is 44.1 Å². The number of aldehydes is 1. The molecule has 5 rings (SSSR count). The maximum absolute atomic E-state index is 11.8. The van der Waals surface area contributed by atoms with Crippen LogP contribution in [0.1, 0.15) is 35.1 Å². The van der Waals surface area contributed by atoms with Gasteiger partial charge in [-0.2, -0.15) is 0 Å². The molecule has 0 aliphatic carbocycles. The molecule has 0 saturated carbocycles. The first kappa shape index (κ1) is 24.8. The molecule has 3 unspecified atom stereocenters. The molecular weight excluding hydrogens is 480 g/mol. The molecule has 0 bridgehead atoms. The van der Waals surface area contributed by atoms with Gasteiger partial charge in [0.15, 0.2) is 17.3 Å². The summed E-state index contributed by atoms with van der Waals surface area (Å²) in [5.41, 5.74) is 3.83. The molecule has 0 aromatic heterocycles. The normalized spacial score (nSPS) is 23.3. The Kier molecular flexibility index (Phi) is 7.58. The summed E-state index contributed by atoms with van der Waals surface area (Å²) in [7, 11) is 1.59. The molecule has 36 heavy (non-hydrogen) atoms. The van der Waals surface area contributed by atoms with E-state index in [9.17, 15) is 4.79 Å². The van der Waals surface area contributed by atoms with Crippen molar-refractivity contribution >= 4 is 17.9 Å². The Hall–Kier alpha value is -2.90. The summed E-state index contributed by atoms with van der Waals surface area (Å²) < 4.78 is 29.7. The van der Waals surface area contributed by atoms with Crippen molar-refractivity contribution in [2.75, 3.05) is 20.3 Å². The minimum absolute atomic E-state index is 0.217. The molecule has 2 aliphatic heterocycles. The van der Waals surface area contributed by atoms with Gasteiger partial charge in [-0.3, -0.25) is 0 Å². The zero-order chi connectivity index (χ0) is 25.0. The van der Waals surface area contributed by atoms with Crippen LogP contribution in [-0.4, -0.2) is 38.8 Å². The number of carbonyl (C=O) groups excluding carboxylic acids is 1. The fourth-order valence-corrected chi connectivity index (χ4v) is 4.97. The summed E-state index contributed by atoms with van der Waals surface area (Å²) in [6, 6.07) is 21.6. The zero-order valence-electron chi connectivity index (χ0n) is 20.2. The molecule has 0 N–H and O–H groups in total. The van der Waals surface area contributed by atoms with Crippen LogP contribution >= 0.6 is 11.6 Å². The van der Waals surface area contributed by atoms with Gasteiger partial charge in [0.1, 0.15) is 25.6 Å². The van der Waals surface area contributed by atoms with Crippen molar-refractivity contribution in [1.29, 1.82) is 0 Å². The first-order valence-corrected chi connectivity index (χ1v) is 12.5. The van der Waals surface area contributed by atoms with Gasteiger partial charge >= 0.3 is 0 Å². The molecular formula is C29H29ClO6. The summed E-state index contributed by atoms with van der Waals surface area (Å²) in [5.74, 6) is 0.361. The third kappa shape index (κ3) is 5.42. The molecule has 188 valence electrons. The van der Waals surface area contributed by atoms with Crippen molar-refractivity contribution in [2.24, 2.45) is 0 Å². The lowest BCUT2D eigenvalue weighted by atomic mass is 9.90. The van der Waals surface area contributed by atoms with Crippen LogP contribution in [0.15, 0.2) is 66.7 Å².